The van der Waals surface area contributed by atoms with Crippen molar-refractivity contribution in [3.8, 4) is 11.5 Å². The van der Waals surface area contributed by atoms with Crippen molar-refractivity contribution in [1.82, 2.24) is 10.3 Å². The van der Waals surface area contributed by atoms with Crippen LogP contribution in [0.25, 0.3) is 0 Å². The number of urea groups is 1. The molecule has 1 saturated heterocycles. The van der Waals surface area contributed by atoms with Gasteiger partial charge in [-0.05, 0) is 60.9 Å². The number of amides is 3. The summed E-state index contributed by atoms with van der Waals surface area (Å²) < 4.78 is 11.3. The first-order valence-corrected chi connectivity index (χ1v) is 10.6. The predicted octanol–water partition coefficient (Wildman–Crippen LogP) is 4.11. The molecule has 1 heterocycles. The van der Waals surface area contributed by atoms with E-state index in [1.54, 1.807) is 19.2 Å². The average Bonchev–Trinajstić information content (AvgIpc) is 3.02. The van der Waals surface area contributed by atoms with Crippen LogP contribution in [0.4, 0.5) is 4.79 Å². The molecule has 2 aromatic carbocycles. The first kappa shape index (κ1) is 20.9. The zero-order chi connectivity index (χ0) is 21.8. The van der Waals surface area contributed by atoms with Crippen LogP contribution >= 0.6 is 0 Å². The van der Waals surface area contributed by atoms with Crippen LogP contribution in [-0.2, 0) is 11.4 Å². The molecule has 4 rings (SSSR count). The van der Waals surface area contributed by atoms with Gasteiger partial charge in [-0.1, -0.05) is 37.3 Å². The number of ether oxygens (including phenoxy) is 2. The van der Waals surface area contributed by atoms with Crippen molar-refractivity contribution < 1.29 is 19.1 Å². The van der Waals surface area contributed by atoms with Crippen LogP contribution in [0, 0.1) is 5.92 Å². The predicted molar refractivity (Wildman–Crippen MR) is 117 cm³/mol. The lowest BCUT2D eigenvalue weighted by molar-refractivity contribution is -0.132. The van der Waals surface area contributed by atoms with E-state index in [0.29, 0.717) is 42.4 Å². The molecule has 1 N–H and O–H groups in total. The van der Waals surface area contributed by atoms with Gasteiger partial charge in [0.25, 0.3) is 5.91 Å². The molecule has 31 heavy (non-hydrogen) atoms. The number of rotatable bonds is 6. The van der Waals surface area contributed by atoms with Crippen molar-refractivity contribution in [1.29, 1.82) is 0 Å². The minimum atomic E-state index is -0.798. The van der Waals surface area contributed by atoms with Crippen molar-refractivity contribution in [3.05, 3.63) is 59.7 Å². The molecule has 2 aliphatic rings. The smallest absolute Gasteiger partial charge is 0.346 e. The number of hydrazone groups is 1. The third kappa shape index (κ3) is 4.40. The Bertz CT molecular complexity index is 982. The van der Waals surface area contributed by atoms with Crippen molar-refractivity contribution in [2.75, 3.05) is 7.11 Å². The minimum absolute atomic E-state index is 0.268. The zero-order valence-corrected chi connectivity index (χ0v) is 17.8. The molecule has 0 atom stereocenters. The van der Waals surface area contributed by atoms with Gasteiger partial charge in [0, 0.05) is 0 Å². The first-order valence-electron chi connectivity index (χ1n) is 10.6. The lowest BCUT2D eigenvalue weighted by Gasteiger charge is -2.33. The second-order valence-corrected chi connectivity index (χ2v) is 8.24. The third-order valence-corrected chi connectivity index (χ3v) is 6.02. The molecule has 1 aliphatic heterocycles. The summed E-state index contributed by atoms with van der Waals surface area (Å²) in [5.41, 5.74) is 0.954. The summed E-state index contributed by atoms with van der Waals surface area (Å²) in [6, 6.07) is 14.8. The molecule has 1 spiro atoms. The summed E-state index contributed by atoms with van der Waals surface area (Å²) in [5.74, 6) is 1.46. The molecule has 2 fully saturated rings. The van der Waals surface area contributed by atoms with E-state index < -0.39 is 11.6 Å². The largest absolute Gasteiger partial charge is 0.493 e. The van der Waals surface area contributed by atoms with Gasteiger partial charge >= 0.3 is 6.03 Å². The number of imide groups is 1. The molecular weight excluding hydrogens is 394 g/mol. The van der Waals surface area contributed by atoms with Crippen LogP contribution < -0.4 is 14.8 Å². The van der Waals surface area contributed by atoms with Gasteiger partial charge in [0.05, 0.1) is 13.3 Å². The van der Waals surface area contributed by atoms with E-state index in [9.17, 15) is 9.59 Å². The topological polar surface area (TPSA) is 80.2 Å². The van der Waals surface area contributed by atoms with E-state index in [0.717, 1.165) is 23.4 Å². The van der Waals surface area contributed by atoms with Crippen LogP contribution in [0.15, 0.2) is 53.6 Å². The highest BCUT2D eigenvalue weighted by Crippen LogP contribution is 2.36. The van der Waals surface area contributed by atoms with Gasteiger partial charge in [0.2, 0.25) is 0 Å². The van der Waals surface area contributed by atoms with Crippen molar-refractivity contribution >= 4 is 18.2 Å². The van der Waals surface area contributed by atoms with E-state index >= 15 is 0 Å². The van der Waals surface area contributed by atoms with Crippen molar-refractivity contribution in [2.24, 2.45) is 11.0 Å². The van der Waals surface area contributed by atoms with Gasteiger partial charge in [0.1, 0.15) is 12.1 Å². The van der Waals surface area contributed by atoms with Gasteiger partial charge in [-0.25, -0.2) is 4.79 Å². The molecule has 3 amide bonds. The number of benzene rings is 2. The second-order valence-electron chi connectivity index (χ2n) is 8.24. The highest BCUT2D eigenvalue weighted by Gasteiger charge is 2.52. The van der Waals surface area contributed by atoms with E-state index in [2.05, 4.69) is 17.3 Å². The van der Waals surface area contributed by atoms with Gasteiger partial charge in [0.15, 0.2) is 11.5 Å². The Morgan fingerprint density at radius 1 is 1.13 bits per heavy atom. The maximum Gasteiger partial charge on any atom is 0.346 e. The van der Waals surface area contributed by atoms with Gasteiger partial charge in [-0.15, -0.1) is 5.01 Å². The number of carbonyl (C=O) groups is 2. The van der Waals surface area contributed by atoms with Gasteiger partial charge in [-0.3, -0.25) is 4.79 Å². The third-order valence-electron chi connectivity index (χ3n) is 6.02. The maximum atomic E-state index is 12.9. The summed E-state index contributed by atoms with van der Waals surface area (Å²) in [4.78, 5) is 25.3. The molecule has 0 unspecified atom stereocenters. The molecule has 0 radical (unpaired) electrons. The fraction of sp³-hybridized carbons (Fsp3) is 0.375. The molecule has 1 aliphatic carbocycles. The van der Waals surface area contributed by atoms with Crippen LogP contribution in [0.5, 0.6) is 11.5 Å². The molecule has 0 aromatic heterocycles. The Balaban J connectivity index is 1.45. The lowest BCUT2D eigenvalue weighted by Crippen LogP contribution is -2.49. The number of nitrogens with one attached hydrogen (secondary N) is 1. The SMILES string of the molecule is COc1cc(/C=N\N2C(=O)NC3(CCC(C)CC3)C2=O)ccc1OCc1ccccc1. The summed E-state index contributed by atoms with van der Waals surface area (Å²) in [7, 11) is 1.57. The molecule has 2 aromatic rings. The Hall–Kier alpha value is -3.35. The van der Waals surface area contributed by atoms with Crippen molar-refractivity contribution in [3.63, 3.8) is 0 Å². The van der Waals surface area contributed by atoms with E-state index in [4.69, 9.17) is 9.47 Å². The van der Waals surface area contributed by atoms with Crippen LogP contribution in [0.2, 0.25) is 0 Å². The summed E-state index contributed by atoms with van der Waals surface area (Å²) in [5, 5.41) is 7.99. The number of nitrogens with zero attached hydrogens (tertiary/aromatic N) is 2. The van der Waals surface area contributed by atoms with Crippen LogP contribution in [-0.4, -0.2) is 35.8 Å². The quantitative estimate of drug-likeness (QED) is 0.562. The maximum absolute atomic E-state index is 12.9. The average molecular weight is 421 g/mol. The summed E-state index contributed by atoms with van der Waals surface area (Å²) in [6.45, 7) is 2.60. The monoisotopic (exact) mass is 421 g/mol. The molecule has 7 nitrogen and oxygen atoms in total. The molecular formula is C24H27N3O4. The van der Waals surface area contributed by atoms with Crippen LogP contribution in [0.3, 0.4) is 0 Å². The Kier molecular flexibility index (Phi) is 5.93. The standard InChI is InChI=1S/C24H27N3O4/c1-17-10-12-24(13-11-17)22(28)27(23(29)26-24)25-15-19-8-9-20(21(14-19)30-2)31-16-18-6-4-3-5-7-18/h3-9,14-15,17H,10-13,16H2,1-2H3,(H,26,29)/b25-15-. The summed E-state index contributed by atoms with van der Waals surface area (Å²) in [6.07, 6.45) is 4.65. The minimum Gasteiger partial charge on any atom is -0.493 e. The molecule has 7 heteroatoms. The number of methoxy groups -OCH3 is 1. The van der Waals surface area contributed by atoms with Gasteiger partial charge in [-0.2, -0.15) is 5.10 Å². The normalized spacial score (nSPS) is 23.4. The Morgan fingerprint density at radius 2 is 1.87 bits per heavy atom. The second kappa shape index (κ2) is 8.79. The molecule has 162 valence electrons. The fourth-order valence-corrected chi connectivity index (χ4v) is 4.05. The first-order chi connectivity index (χ1) is 15.0. The number of hydrogen-bond acceptors (Lipinski definition) is 5. The summed E-state index contributed by atoms with van der Waals surface area (Å²) >= 11 is 0. The van der Waals surface area contributed by atoms with E-state index in [1.807, 2.05) is 36.4 Å². The fourth-order valence-electron chi connectivity index (χ4n) is 4.05. The highest BCUT2D eigenvalue weighted by molar-refractivity contribution is 6.07. The Labute approximate surface area is 182 Å². The van der Waals surface area contributed by atoms with Crippen LogP contribution in [0.1, 0.15) is 43.7 Å². The Morgan fingerprint density at radius 3 is 2.58 bits per heavy atom. The lowest BCUT2D eigenvalue weighted by atomic mass is 9.77. The molecule has 0 bridgehead atoms. The van der Waals surface area contributed by atoms with Gasteiger partial charge < -0.3 is 14.8 Å². The van der Waals surface area contributed by atoms with E-state index in [-0.39, 0.29) is 5.91 Å². The van der Waals surface area contributed by atoms with E-state index in [1.165, 1.54) is 6.21 Å². The number of hydrogen-bond donors (Lipinski definition) is 1. The highest BCUT2D eigenvalue weighted by atomic mass is 16.5. The zero-order valence-electron chi connectivity index (χ0n) is 17.8. The molecule has 1 saturated carbocycles. The van der Waals surface area contributed by atoms with Crippen molar-refractivity contribution in [2.45, 2.75) is 44.8 Å². The number of carbonyl (C=O) groups excluding carboxylic acids is 2.